The molecule has 0 radical (unpaired) electrons. The van der Waals surface area contributed by atoms with E-state index in [1.807, 2.05) is 6.07 Å². The van der Waals surface area contributed by atoms with Crippen LogP contribution >= 0.6 is 27.5 Å². The standard InChI is InChI=1S/C15H13BrClN/c16-11-2-5-13(6-3-11)18-15-8-1-10-9-12(17)4-7-14(10)15/h2-7,9,15,18H,1,8H2. The summed E-state index contributed by atoms with van der Waals surface area (Å²) < 4.78 is 1.10. The van der Waals surface area contributed by atoms with E-state index in [4.69, 9.17) is 11.6 Å². The Kier molecular flexibility index (Phi) is 3.31. The number of anilines is 1. The van der Waals surface area contributed by atoms with Gasteiger partial charge in [-0.1, -0.05) is 33.6 Å². The summed E-state index contributed by atoms with van der Waals surface area (Å²) in [6.45, 7) is 0. The van der Waals surface area contributed by atoms with Crippen LogP contribution < -0.4 is 5.32 Å². The summed E-state index contributed by atoms with van der Waals surface area (Å²) in [6.07, 6.45) is 2.23. The highest BCUT2D eigenvalue weighted by Gasteiger charge is 2.22. The van der Waals surface area contributed by atoms with Crippen molar-refractivity contribution in [2.45, 2.75) is 18.9 Å². The molecule has 0 spiro atoms. The highest BCUT2D eigenvalue weighted by atomic mass is 79.9. The Morgan fingerprint density at radius 2 is 1.89 bits per heavy atom. The molecule has 0 saturated carbocycles. The van der Waals surface area contributed by atoms with E-state index in [0.717, 1.165) is 28.0 Å². The monoisotopic (exact) mass is 321 g/mol. The molecule has 0 fully saturated rings. The van der Waals surface area contributed by atoms with E-state index >= 15 is 0 Å². The van der Waals surface area contributed by atoms with Crippen LogP contribution in [0.2, 0.25) is 5.02 Å². The van der Waals surface area contributed by atoms with Crippen LogP contribution in [0.15, 0.2) is 46.9 Å². The first kappa shape index (κ1) is 12.1. The highest BCUT2D eigenvalue weighted by Crippen LogP contribution is 2.35. The number of fused-ring (bicyclic) bond motifs is 1. The van der Waals surface area contributed by atoms with Crippen molar-refractivity contribution in [3.8, 4) is 0 Å². The van der Waals surface area contributed by atoms with Crippen molar-refractivity contribution in [3.63, 3.8) is 0 Å². The van der Waals surface area contributed by atoms with Crippen molar-refractivity contribution in [1.82, 2.24) is 0 Å². The predicted molar refractivity (Wildman–Crippen MR) is 80.3 cm³/mol. The van der Waals surface area contributed by atoms with E-state index in [9.17, 15) is 0 Å². The van der Waals surface area contributed by atoms with Crippen molar-refractivity contribution in [1.29, 1.82) is 0 Å². The van der Waals surface area contributed by atoms with Crippen LogP contribution in [0, 0.1) is 0 Å². The average Bonchev–Trinajstić information content (AvgIpc) is 2.74. The third-order valence-corrected chi connectivity index (χ3v) is 4.13. The number of rotatable bonds is 2. The molecular formula is C15H13BrClN. The summed E-state index contributed by atoms with van der Waals surface area (Å²) in [5, 5.41) is 4.41. The molecule has 1 unspecified atom stereocenters. The molecule has 0 heterocycles. The van der Waals surface area contributed by atoms with Gasteiger partial charge in [0.05, 0.1) is 6.04 Å². The lowest BCUT2D eigenvalue weighted by Gasteiger charge is -2.15. The average molecular weight is 323 g/mol. The Hall–Kier alpha value is -0.990. The van der Waals surface area contributed by atoms with Gasteiger partial charge in [0.25, 0.3) is 0 Å². The largest absolute Gasteiger partial charge is 0.378 e. The molecular weight excluding hydrogens is 310 g/mol. The van der Waals surface area contributed by atoms with Gasteiger partial charge in [-0.15, -0.1) is 0 Å². The molecule has 0 aromatic heterocycles. The van der Waals surface area contributed by atoms with Gasteiger partial charge in [-0.05, 0) is 60.4 Å². The van der Waals surface area contributed by atoms with Crippen molar-refractivity contribution in [3.05, 3.63) is 63.1 Å². The number of hydrogen-bond donors (Lipinski definition) is 1. The van der Waals surface area contributed by atoms with Crippen LogP contribution in [0.5, 0.6) is 0 Å². The number of benzene rings is 2. The van der Waals surface area contributed by atoms with E-state index in [0.29, 0.717) is 6.04 Å². The Balaban J connectivity index is 1.82. The fourth-order valence-corrected chi connectivity index (χ4v) is 2.94. The number of halogens is 2. The molecule has 3 rings (SSSR count). The number of nitrogens with one attached hydrogen (secondary N) is 1. The quantitative estimate of drug-likeness (QED) is 0.801. The van der Waals surface area contributed by atoms with Crippen molar-refractivity contribution in [2.24, 2.45) is 0 Å². The van der Waals surface area contributed by atoms with Crippen molar-refractivity contribution in [2.75, 3.05) is 5.32 Å². The molecule has 2 aromatic rings. The van der Waals surface area contributed by atoms with E-state index in [2.05, 4.69) is 57.6 Å². The summed E-state index contributed by atoms with van der Waals surface area (Å²) in [6, 6.07) is 14.9. The molecule has 0 amide bonds. The Morgan fingerprint density at radius 3 is 2.67 bits per heavy atom. The Morgan fingerprint density at radius 1 is 1.11 bits per heavy atom. The Labute approximate surface area is 120 Å². The highest BCUT2D eigenvalue weighted by molar-refractivity contribution is 9.10. The molecule has 1 aliphatic carbocycles. The normalized spacial score (nSPS) is 17.6. The first-order valence-electron chi connectivity index (χ1n) is 6.03. The summed E-state index contributed by atoms with van der Waals surface area (Å²) in [7, 11) is 0. The maximum Gasteiger partial charge on any atom is 0.0519 e. The van der Waals surface area contributed by atoms with Gasteiger partial charge in [-0.25, -0.2) is 0 Å². The van der Waals surface area contributed by atoms with Crippen molar-refractivity contribution < 1.29 is 0 Å². The maximum atomic E-state index is 6.02. The fraction of sp³-hybridized carbons (Fsp3) is 0.200. The zero-order valence-electron chi connectivity index (χ0n) is 9.79. The second-order valence-electron chi connectivity index (χ2n) is 4.59. The summed E-state index contributed by atoms with van der Waals surface area (Å²) in [4.78, 5) is 0. The molecule has 2 aromatic carbocycles. The van der Waals surface area contributed by atoms with Crippen LogP contribution in [-0.4, -0.2) is 0 Å². The number of hydrogen-bond acceptors (Lipinski definition) is 1. The van der Waals surface area contributed by atoms with Gasteiger partial charge < -0.3 is 5.32 Å². The first-order valence-corrected chi connectivity index (χ1v) is 7.20. The Bertz CT molecular complexity index is 565. The molecule has 3 heteroatoms. The minimum Gasteiger partial charge on any atom is -0.378 e. The fourth-order valence-electron chi connectivity index (χ4n) is 2.48. The summed E-state index contributed by atoms with van der Waals surface area (Å²) in [5.41, 5.74) is 3.91. The van der Waals surface area contributed by atoms with Crippen molar-refractivity contribution >= 4 is 33.2 Å². The molecule has 0 aliphatic heterocycles. The molecule has 1 nitrogen and oxygen atoms in total. The van der Waals surface area contributed by atoms with Crippen LogP contribution in [0.1, 0.15) is 23.6 Å². The molecule has 0 saturated heterocycles. The lowest BCUT2D eigenvalue weighted by Crippen LogP contribution is -2.06. The zero-order chi connectivity index (χ0) is 12.5. The third kappa shape index (κ3) is 2.40. The summed E-state index contributed by atoms with van der Waals surface area (Å²) in [5.74, 6) is 0. The van der Waals surface area contributed by atoms with E-state index in [-0.39, 0.29) is 0 Å². The third-order valence-electron chi connectivity index (χ3n) is 3.37. The van der Waals surface area contributed by atoms with Gasteiger partial charge >= 0.3 is 0 Å². The SMILES string of the molecule is Clc1ccc2c(c1)CCC2Nc1ccc(Br)cc1. The number of aryl methyl sites for hydroxylation is 1. The zero-order valence-corrected chi connectivity index (χ0v) is 12.1. The molecule has 18 heavy (non-hydrogen) atoms. The van der Waals surface area contributed by atoms with Gasteiger partial charge in [-0.3, -0.25) is 0 Å². The second kappa shape index (κ2) is 4.94. The van der Waals surface area contributed by atoms with Crippen LogP contribution in [0.3, 0.4) is 0 Å². The van der Waals surface area contributed by atoms with E-state index in [1.165, 1.54) is 11.1 Å². The molecule has 0 bridgehead atoms. The van der Waals surface area contributed by atoms with Gasteiger partial charge in [0.1, 0.15) is 0 Å². The first-order chi connectivity index (χ1) is 8.72. The van der Waals surface area contributed by atoms with Crippen LogP contribution in [-0.2, 0) is 6.42 Å². The maximum absolute atomic E-state index is 6.02. The van der Waals surface area contributed by atoms with Gasteiger partial charge in [0.2, 0.25) is 0 Å². The van der Waals surface area contributed by atoms with E-state index in [1.54, 1.807) is 0 Å². The molecule has 92 valence electrons. The van der Waals surface area contributed by atoms with Gasteiger partial charge in [0, 0.05) is 15.2 Å². The molecule has 1 atom stereocenters. The topological polar surface area (TPSA) is 12.0 Å². The van der Waals surface area contributed by atoms with E-state index < -0.39 is 0 Å². The lowest BCUT2D eigenvalue weighted by atomic mass is 10.1. The predicted octanol–water partition coefficient (Wildman–Crippen LogP) is 5.20. The summed E-state index contributed by atoms with van der Waals surface area (Å²) >= 11 is 9.47. The minimum atomic E-state index is 0.401. The van der Waals surface area contributed by atoms with Crippen LogP contribution in [0.25, 0.3) is 0 Å². The smallest absolute Gasteiger partial charge is 0.0519 e. The van der Waals surface area contributed by atoms with Gasteiger partial charge in [-0.2, -0.15) is 0 Å². The lowest BCUT2D eigenvalue weighted by molar-refractivity contribution is 0.762. The van der Waals surface area contributed by atoms with Crippen LogP contribution in [0.4, 0.5) is 5.69 Å². The second-order valence-corrected chi connectivity index (χ2v) is 5.94. The molecule has 1 aliphatic rings. The minimum absolute atomic E-state index is 0.401. The molecule has 1 N–H and O–H groups in total. The van der Waals surface area contributed by atoms with Gasteiger partial charge in [0.15, 0.2) is 0 Å².